The van der Waals surface area contributed by atoms with E-state index in [1.54, 1.807) is 0 Å². The lowest BCUT2D eigenvalue weighted by molar-refractivity contribution is -0.120. The van der Waals surface area contributed by atoms with Crippen LogP contribution in [0.1, 0.15) is 62.8 Å². The zero-order valence-electron chi connectivity index (χ0n) is 19.7. The molecule has 0 saturated carbocycles. The summed E-state index contributed by atoms with van der Waals surface area (Å²) >= 11 is 6.44. The van der Waals surface area contributed by atoms with E-state index >= 15 is 0 Å². The van der Waals surface area contributed by atoms with Gasteiger partial charge in [0.2, 0.25) is 5.91 Å². The number of carbonyl (C=O) groups is 1. The number of rotatable bonds is 4. The third-order valence-electron chi connectivity index (χ3n) is 7.10. The summed E-state index contributed by atoms with van der Waals surface area (Å²) in [6, 6.07) is 20.3. The molecule has 0 aromatic heterocycles. The summed E-state index contributed by atoms with van der Waals surface area (Å²) < 4.78 is 6.20. The van der Waals surface area contributed by atoms with E-state index in [0.29, 0.717) is 5.02 Å². The van der Waals surface area contributed by atoms with Crippen LogP contribution in [0.25, 0.3) is 0 Å². The smallest absolute Gasteiger partial charge is 0.246 e. The predicted molar refractivity (Wildman–Crippen MR) is 135 cm³/mol. The molecule has 33 heavy (non-hydrogen) atoms. The standard InChI is InChI=1S/C29H30ClNO2/c1-5-7-19-8-6-9-23(16-19)31-25-12-11-22(30)18-24(25)29(4,27(31)32)21-10-13-26-20(17-21)14-15-28(2,3)33-26/h6,8-13,16-18H,5,7,14-15H2,1-4H3/t29-/m0/s1. The fourth-order valence-electron chi connectivity index (χ4n) is 5.20. The van der Waals surface area contributed by atoms with E-state index in [0.717, 1.165) is 59.5 Å². The Morgan fingerprint density at radius 2 is 1.85 bits per heavy atom. The van der Waals surface area contributed by atoms with Crippen LogP contribution in [0.5, 0.6) is 5.75 Å². The molecule has 4 heteroatoms. The summed E-state index contributed by atoms with van der Waals surface area (Å²) in [5.41, 5.74) is 5.12. The van der Waals surface area contributed by atoms with Crippen molar-refractivity contribution < 1.29 is 9.53 Å². The van der Waals surface area contributed by atoms with Crippen LogP contribution in [0.2, 0.25) is 5.02 Å². The van der Waals surface area contributed by atoms with Crippen LogP contribution in [0.4, 0.5) is 11.4 Å². The van der Waals surface area contributed by atoms with Crippen LogP contribution in [0.3, 0.4) is 0 Å². The van der Waals surface area contributed by atoms with Gasteiger partial charge in [0, 0.05) is 10.7 Å². The molecule has 1 atom stereocenters. The molecule has 5 rings (SSSR count). The molecular formula is C29H30ClNO2. The predicted octanol–water partition coefficient (Wildman–Crippen LogP) is 7.38. The second-order valence-corrected chi connectivity index (χ2v) is 10.5. The molecule has 2 heterocycles. The molecule has 1 amide bonds. The van der Waals surface area contributed by atoms with Crippen molar-refractivity contribution in [1.29, 1.82) is 0 Å². The first-order chi connectivity index (χ1) is 15.7. The Hall–Kier alpha value is -2.78. The summed E-state index contributed by atoms with van der Waals surface area (Å²) in [6.45, 7) is 8.43. The normalized spacial score (nSPS) is 20.9. The first-order valence-corrected chi connectivity index (χ1v) is 12.2. The van der Waals surface area contributed by atoms with Crippen LogP contribution in [0, 0.1) is 0 Å². The Balaban J connectivity index is 1.64. The maximum absolute atomic E-state index is 14.2. The molecular weight excluding hydrogens is 430 g/mol. The number of anilines is 2. The number of carbonyl (C=O) groups excluding carboxylic acids is 1. The highest BCUT2D eigenvalue weighted by Crippen LogP contribution is 2.50. The number of aryl methyl sites for hydroxylation is 2. The summed E-state index contributed by atoms with van der Waals surface area (Å²) in [4.78, 5) is 16.1. The second-order valence-electron chi connectivity index (χ2n) is 10.0. The maximum atomic E-state index is 14.2. The Kier molecular flexibility index (Phi) is 5.29. The summed E-state index contributed by atoms with van der Waals surface area (Å²) in [5, 5.41) is 0.636. The van der Waals surface area contributed by atoms with Crippen molar-refractivity contribution in [2.75, 3.05) is 4.90 Å². The first kappa shape index (κ1) is 22.0. The van der Waals surface area contributed by atoms with Crippen molar-refractivity contribution in [1.82, 2.24) is 0 Å². The Morgan fingerprint density at radius 3 is 2.64 bits per heavy atom. The van der Waals surface area contributed by atoms with E-state index in [-0.39, 0.29) is 11.5 Å². The SMILES string of the molecule is CCCc1cccc(N2C(=O)[C@@](C)(c3ccc4c(c3)CCC(C)(C)O4)c3cc(Cl)ccc32)c1. The monoisotopic (exact) mass is 459 g/mol. The summed E-state index contributed by atoms with van der Waals surface area (Å²) in [7, 11) is 0. The van der Waals surface area contributed by atoms with Crippen LogP contribution in [0.15, 0.2) is 60.7 Å². The third-order valence-corrected chi connectivity index (χ3v) is 7.33. The van der Waals surface area contributed by atoms with Gasteiger partial charge in [-0.3, -0.25) is 9.69 Å². The van der Waals surface area contributed by atoms with E-state index in [1.807, 2.05) is 54.3 Å². The quantitative estimate of drug-likeness (QED) is 0.407. The number of amides is 1. The van der Waals surface area contributed by atoms with Crippen molar-refractivity contribution in [3.8, 4) is 5.75 Å². The van der Waals surface area contributed by atoms with E-state index in [9.17, 15) is 4.79 Å². The van der Waals surface area contributed by atoms with Crippen molar-refractivity contribution in [3.63, 3.8) is 0 Å². The van der Waals surface area contributed by atoms with Gasteiger partial charge in [-0.25, -0.2) is 0 Å². The van der Waals surface area contributed by atoms with Gasteiger partial charge < -0.3 is 4.74 Å². The van der Waals surface area contributed by atoms with Crippen molar-refractivity contribution in [3.05, 3.63) is 87.9 Å². The van der Waals surface area contributed by atoms with E-state index in [1.165, 1.54) is 5.56 Å². The van der Waals surface area contributed by atoms with Crippen LogP contribution >= 0.6 is 11.6 Å². The Bertz CT molecular complexity index is 1250. The minimum absolute atomic E-state index is 0.0467. The van der Waals surface area contributed by atoms with E-state index in [4.69, 9.17) is 16.3 Å². The van der Waals surface area contributed by atoms with Gasteiger partial charge in [0.1, 0.15) is 11.4 Å². The average Bonchev–Trinajstić information content (AvgIpc) is 3.01. The van der Waals surface area contributed by atoms with Crippen molar-refractivity contribution in [2.45, 2.75) is 64.4 Å². The van der Waals surface area contributed by atoms with Crippen LogP contribution < -0.4 is 9.64 Å². The fourth-order valence-corrected chi connectivity index (χ4v) is 5.37. The molecule has 170 valence electrons. The van der Waals surface area contributed by atoms with Gasteiger partial charge in [0.15, 0.2) is 0 Å². The Morgan fingerprint density at radius 1 is 1.03 bits per heavy atom. The summed E-state index contributed by atoms with van der Waals surface area (Å²) in [6.07, 6.45) is 3.94. The van der Waals surface area contributed by atoms with E-state index in [2.05, 4.69) is 39.0 Å². The minimum atomic E-state index is -0.830. The van der Waals surface area contributed by atoms with Gasteiger partial charge in [0.05, 0.1) is 11.1 Å². The summed E-state index contributed by atoms with van der Waals surface area (Å²) in [5.74, 6) is 0.963. The number of hydrogen-bond donors (Lipinski definition) is 0. The Labute approximate surface area is 201 Å². The molecule has 0 fully saturated rings. The second kappa shape index (κ2) is 7.92. The molecule has 3 nitrogen and oxygen atoms in total. The van der Waals surface area contributed by atoms with Crippen LogP contribution in [-0.2, 0) is 23.1 Å². The largest absolute Gasteiger partial charge is 0.488 e. The first-order valence-electron chi connectivity index (χ1n) is 11.8. The molecule has 0 saturated heterocycles. The third kappa shape index (κ3) is 3.63. The molecule has 0 radical (unpaired) electrons. The fraction of sp³-hybridized carbons (Fsp3) is 0.345. The average molecular weight is 460 g/mol. The van der Waals surface area contributed by atoms with Gasteiger partial charge >= 0.3 is 0 Å². The highest BCUT2D eigenvalue weighted by molar-refractivity contribution is 6.31. The molecule has 0 aliphatic carbocycles. The number of ether oxygens (including phenoxy) is 1. The maximum Gasteiger partial charge on any atom is 0.246 e. The highest BCUT2D eigenvalue weighted by atomic mass is 35.5. The molecule has 2 aliphatic heterocycles. The zero-order valence-corrected chi connectivity index (χ0v) is 20.5. The number of benzene rings is 3. The van der Waals surface area contributed by atoms with Gasteiger partial charge in [-0.15, -0.1) is 0 Å². The lowest BCUT2D eigenvalue weighted by Gasteiger charge is -2.34. The zero-order chi connectivity index (χ0) is 23.4. The lowest BCUT2D eigenvalue weighted by atomic mass is 9.76. The molecule has 0 bridgehead atoms. The van der Waals surface area contributed by atoms with Gasteiger partial charge in [-0.2, -0.15) is 0 Å². The molecule has 0 unspecified atom stereocenters. The minimum Gasteiger partial charge on any atom is -0.488 e. The molecule has 3 aromatic carbocycles. The van der Waals surface area contributed by atoms with Crippen molar-refractivity contribution in [2.24, 2.45) is 0 Å². The highest BCUT2D eigenvalue weighted by Gasteiger charge is 2.49. The molecule has 0 N–H and O–H groups in total. The number of hydrogen-bond acceptors (Lipinski definition) is 2. The number of halogens is 1. The van der Waals surface area contributed by atoms with Crippen LogP contribution in [-0.4, -0.2) is 11.5 Å². The molecule has 2 aliphatic rings. The van der Waals surface area contributed by atoms with Gasteiger partial charge in [-0.05, 0) is 98.7 Å². The topological polar surface area (TPSA) is 29.5 Å². The molecule has 3 aromatic rings. The number of fused-ring (bicyclic) bond motifs is 2. The van der Waals surface area contributed by atoms with Crippen molar-refractivity contribution >= 4 is 28.9 Å². The van der Waals surface area contributed by atoms with E-state index < -0.39 is 5.41 Å². The lowest BCUT2D eigenvalue weighted by Crippen LogP contribution is -2.37. The number of nitrogens with zero attached hydrogens (tertiary/aromatic N) is 1. The van der Waals surface area contributed by atoms with Gasteiger partial charge in [0.25, 0.3) is 0 Å². The van der Waals surface area contributed by atoms with Gasteiger partial charge in [-0.1, -0.05) is 49.2 Å². The molecule has 0 spiro atoms.